The minimum absolute atomic E-state index is 0.0133. The van der Waals surface area contributed by atoms with E-state index >= 15 is 0 Å². The van der Waals surface area contributed by atoms with Crippen molar-refractivity contribution >= 4 is 5.97 Å². The molecule has 0 radical (unpaired) electrons. The molecule has 3 fully saturated rings. The number of ether oxygens (including phenoxy) is 6. The smallest absolute Gasteiger partial charge is 0.311 e. The fourth-order valence-electron chi connectivity index (χ4n) is 7.27. The number of aliphatic hydroxyl groups is 1. The van der Waals surface area contributed by atoms with Crippen molar-refractivity contribution in [1.82, 2.24) is 0 Å². The number of hydrogen-bond acceptors (Lipinski definition) is 8. The van der Waals surface area contributed by atoms with E-state index in [1.54, 1.807) is 7.11 Å². The molecule has 4 rings (SSSR count). The van der Waals surface area contributed by atoms with E-state index in [9.17, 15) is 9.90 Å². The maximum absolute atomic E-state index is 13.6. The molecule has 1 unspecified atom stereocenters. The zero-order chi connectivity index (χ0) is 29.6. The van der Waals surface area contributed by atoms with E-state index in [0.29, 0.717) is 12.8 Å². The first kappa shape index (κ1) is 31.2. The van der Waals surface area contributed by atoms with Gasteiger partial charge in [0.05, 0.1) is 43.0 Å². The highest BCUT2D eigenvalue weighted by Gasteiger charge is 2.53. The number of benzene rings is 1. The summed E-state index contributed by atoms with van der Waals surface area (Å²) in [6.45, 7) is 17.7. The molecule has 0 aliphatic carbocycles. The third kappa shape index (κ3) is 6.21. The first-order valence-electron chi connectivity index (χ1n) is 14.9. The zero-order valence-corrected chi connectivity index (χ0v) is 25.9. The molecule has 0 saturated carbocycles. The van der Waals surface area contributed by atoms with Crippen molar-refractivity contribution in [1.29, 1.82) is 0 Å². The molecule has 0 aromatic heterocycles. The maximum Gasteiger partial charge on any atom is 0.311 e. The highest BCUT2D eigenvalue weighted by Crippen LogP contribution is 2.46. The van der Waals surface area contributed by atoms with Gasteiger partial charge in [-0.25, -0.2) is 0 Å². The lowest BCUT2D eigenvalue weighted by Gasteiger charge is -2.52. The molecule has 40 heavy (non-hydrogen) atoms. The predicted molar refractivity (Wildman–Crippen MR) is 151 cm³/mol. The van der Waals surface area contributed by atoms with Crippen LogP contribution < -0.4 is 4.74 Å². The number of fused-ring (bicyclic) bond motifs is 4. The van der Waals surface area contributed by atoms with Gasteiger partial charge >= 0.3 is 5.97 Å². The van der Waals surface area contributed by atoms with Crippen LogP contribution in [0.2, 0.25) is 0 Å². The van der Waals surface area contributed by atoms with Crippen LogP contribution in [0, 0.1) is 29.6 Å². The lowest BCUT2D eigenvalue weighted by molar-refractivity contribution is -0.353. The molecule has 0 spiro atoms. The van der Waals surface area contributed by atoms with E-state index in [1.165, 1.54) is 0 Å². The SMILES string of the molecule is CC[C@H]1OC(=O)[C@H](C)[C@H]2OC(C)(C)O[C@H]([C@H]2C)[C@](C)(O)C[C@@H](C)[C@@H]2OC(c3ccc(OC)cc3)O[C@H]([C@H]2C)[C@H]1C. The van der Waals surface area contributed by atoms with E-state index < -0.39 is 35.8 Å². The summed E-state index contributed by atoms with van der Waals surface area (Å²) < 4.78 is 37.5. The van der Waals surface area contributed by atoms with E-state index in [4.69, 9.17) is 28.4 Å². The second-order valence-electron chi connectivity index (χ2n) is 13.1. The van der Waals surface area contributed by atoms with Crippen LogP contribution in [0.3, 0.4) is 0 Å². The van der Waals surface area contributed by atoms with Crippen LogP contribution in [0.15, 0.2) is 24.3 Å². The Hall–Kier alpha value is -1.71. The van der Waals surface area contributed by atoms with Gasteiger partial charge in [-0.3, -0.25) is 4.79 Å². The monoisotopic (exact) mass is 562 g/mol. The van der Waals surface area contributed by atoms with Crippen LogP contribution in [0.5, 0.6) is 5.75 Å². The Kier molecular flexibility index (Phi) is 9.28. The van der Waals surface area contributed by atoms with Crippen molar-refractivity contribution < 1.29 is 38.3 Å². The van der Waals surface area contributed by atoms with Gasteiger partial charge < -0.3 is 33.5 Å². The van der Waals surface area contributed by atoms with Crippen molar-refractivity contribution in [2.45, 2.75) is 123 Å². The summed E-state index contributed by atoms with van der Waals surface area (Å²) in [6.07, 6.45) is -1.30. The molecule has 4 bridgehead atoms. The summed E-state index contributed by atoms with van der Waals surface area (Å²) in [5.74, 6) is -1.42. The summed E-state index contributed by atoms with van der Waals surface area (Å²) in [4.78, 5) is 13.6. The second-order valence-corrected chi connectivity index (χ2v) is 13.1. The molecule has 8 nitrogen and oxygen atoms in total. The van der Waals surface area contributed by atoms with Gasteiger partial charge in [-0.1, -0.05) is 46.8 Å². The van der Waals surface area contributed by atoms with Gasteiger partial charge in [-0.2, -0.15) is 0 Å². The molecule has 8 heteroatoms. The number of hydrogen-bond donors (Lipinski definition) is 1. The third-order valence-corrected chi connectivity index (χ3v) is 9.36. The fourth-order valence-corrected chi connectivity index (χ4v) is 7.27. The summed E-state index contributed by atoms with van der Waals surface area (Å²) >= 11 is 0. The topological polar surface area (TPSA) is 92.7 Å². The zero-order valence-electron chi connectivity index (χ0n) is 25.9. The molecule has 226 valence electrons. The first-order chi connectivity index (χ1) is 18.7. The lowest BCUT2D eigenvalue weighted by atomic mass is 9.73. The lowest BCUT2D eigenvalue weighted by Crippen LogP contribution is -2.61. The normalized spacial score (nSPS) is 44.3. The van der Waals surface area contributed by atoms with Gasteiger partial charge in [0.1, 0.15) is 11.9 Å². The van der Waals surface area contributed by atoms with E-state index in [0.717, 1.165) is 11.3 Å². The van der Waals surface area contributed by atoms with Gasteiger partial charge in [0.25, 0.3) is 0 Å². The van der Waals surface area contributed by atoms with E-state index in [2.05, 4.69) is 20.8 Å². The third-order valence-electron chi connectivity index (χ3n) is 9.36. The van der Waals surface area contributed by atoms with Crippen LogP contribution in [0.25, 0.3) is 0 Å². The van der Waals surface area contributed by atoms with Crippen molar-refractivity contribution in [2.24, 2.45) is 29.6 Å². The summed E-state index contributed by atoms with van der Waals surface area (Å²) in [5.41, 5.74) is -0.310. The minimum Gasteiger partial charge on any atom is -0.497 e. The Labute approximate surface area is 240 Å². The molecule has 3 saturated heterocycles. The van der Waals surface area contributed by atoms with Crippen LogP contribution in [-0.2, 0) is 28.5 Å². The molecular weight excluding hydrogens is 512 g/mol. The number of esters is 1. The fraction of sp³-hybridized carbons (Fsp3) is 0.781. The molecule has 0 amide bonds. The standard InChI is InChI=1S/C32H50O8/c1-11-24-18(3)26-19(4)25(37-30(38-26)22-12-14-23(35-10)15-13-22)17(2)16-32(9,34)28-20(5)27(21(6)29(33)36-24)39-31(7,8)40-28/h12-15,17-21,24-28,30,34H,11,16H2,1-10H3/t17-,18+,19+,20+,21-,24-,25+,26+,27+,28-,30?,32-/m1/s1. The first-order valence-corrected chi connectivity index (χ1v) is 14.9. The average molecular weight is 563 g/mol. The molecule has 3 aliphatic heterocycles. The van der Waals surface area contributed by atoms with Gasteiger partial charge in [0.15, 0.2) is 12.1 Å². The molecule has 1 aromatic rings. The predicted octanol–water partition coefficient (Wildman–Crippen LogP) is 5.65. The number of carbonyl (C=O) groups excluding carboxylic acids is 1. The average Bonchev–Trinajstić information content (AvgIpc) is 2.91. The minimum atomic E-state index is -1.20. The van der Waals surface area contributed by atoms with Gasteiger partial charge in [-0.15, -0.1) is 0 Å². The molecule has 1 aromatic carbocycles. The molecule has 3 aliphatic rings. The number of carbonyl (C=O) groups is 1. The largest absolute Gasteiger partial charge is 0.497 e. The Morgan fingerprint density at radius 3 is 2.12 bits per heavy atom. The highest BCUT2D eigenvalue weighted by atomic mass is 16.7. The van der Waals surface area contributed by atoms with Crippen molar-refractivity contribution in [2.75, 3.05) is 7.11 Å². The van der Waals surface area contributed by atoms with Crippen LogP contribution >= 0.6 is 0 Å². The molecular formula is C32H50O8. The summed E-state index contributed by atoms with van der Waals surface area (Å²) in [6, 6.07) is 7.70. The quantitative estimate of drug-likeness (QED) is 0.472. The number of cyclic esters (lactones) is 1. The van der Waals surface area contributed by atoms with Crippen molar-refractivity contribution in [3.05, 3.63) is 29.8 Å². The van der Waals surface area contributed by atoms with Crippen molar-refractivity contribution in [3.63, 3.8) is 0 Å². The van der Waals surface area contributed by atoms with Crippen LogP contribution in [0.1, 0.15) is 87.0 Å². The Balaban J connectivity index is 1.76. The van der Waals surface area contributed by atoms with Crippen molar-refractivity contribution in [3.8, 4) is 5.75 Å². The second kappa shape index (κ2) is 11.9. The summed E-state index contributed by atoms with van der Waals surface area (Å²) in [5, 5.41) is 12.0. The number of methoxy groups -OCH3 is 1. The maximum atomic E-state index is 13.6. The van der Waals surface area contributed by atoms with Gasteiger partial charge in [0, 0.05) is 23.3 Å². The summed E-state index contributed by atoms with van der Waals surface area (Å²) in [7, 11) is 1.64. The highest BCUT2D eigenvalue weighted by molar-refractivity contribution is 5.73. The Morgan fingerprint density at radius 2 is 1.52 bits per heavy atom. The Morgan fingerprint density at radius 1 is 0.900 bits per heavy atom. The van der Waals surface area contributed by atoms with Gasteiger partial charge in [-0.05, 0) is 58.6 Å². The van der Waals surface area contributed by atoms with E-state index in [-0.39, 0.29) is 48.0 Å². The number of rotatable bonds is 3. The molecule has 1 N–H and O–H groups in total. The van der Waals surface area contributed by atoms with Gasteiger partial charge in [0.2, 0.25) is 0 Å². The van der Waals surface area contributed by atoms with Crippen LogP contribution in [0.4, 0.5) is 0 Å². The Bertz CT molecular complexity index is 1010. The van der Waals surface area contributed by atoms with E-state index in [1.807, 2.05) is 65.8 Å². The molecule has 3 heterocycles. The van der Waals surface area contributed by atoms with Crippen LogP contribution in [-0.4, -0.2) is 60.1 Å². The molecule has 12 atom stereocenters.